The van der Waals surface area contributed by atoms with Crippen LogP contribution < -0.4 is 15.0 Å². The number of carboxylic acids is 1. The van der Waals surface area contributed by atoms with Gasteiger partial charge in [-0.3, -0.25) is 4.98 Å². The third-order valence-electron chi connectivity index (χ3n) is 5.23. The van der Waals surface area contributed by atoms with Gasteiger partial charge >= 0.3 is 5.97 Å². The third kappa shape index (κ3) is 3.78. The van der Waals surface area contributed by atoms with Crippen molar-refractivity contribution in [2.24, 2.45) is 0 Å². The molecule has 2 aromatic carbocycles. The van der Waals surface area contributed by atoms with E-state index in [9.17, 15) is 9.90 Å². The third-order valence-corrected chi connectivity index (χ3v) is 5.23. The van der Waals surface area contributed by atoms with Crippen molar-refractivity contribution in [1.29, 1.82) is 0 Å². The SMILES string of the molecule is C#Cc1ccc(N(C)c2ccc3c(c2)OCCC3Nc2cnccc2C(=O)O)cc1. The summed E-state index contributed by atoms with van der Waals surface area (Å²) in [6, 6.07) is 15.3. The molecule has 1 aliphatic rings. The van der Waals surface area contributed by atoms with E-state index in [2.05, 4.69) is 21.1 Å². The lowest BCUT2D eigenvalue weighted by Gasteiger charge is -2.29. The van der Waals surface area contributed by atoms with Crippen molar-refractivity contribution in [2.75, 3.05) is 23.9 Å². The van der Waals surface area contributed by atoms with Crippen molar-refractivity contribution < 1.29 is 14.6 Å². The molecule has 0 aliphatic carbocycles. The highest BCUT2D eigenvalue weighted by atomic mass is 16.5. The number of rotatable bonds is 5. The first-order valence-electron chi connectivity index (χ1n) is 9.58. The summed E-state index contributed by atoms with van der Waals surface area (Å²) < 4.78 is 5.91. The van der Waals surface area contributed by atoms with Gasteiger partial charge in [-0.15, -0.1) is 6.42 Å². The summed E-state index contributed by atoms with van der Waals surface area (Å²) in [4.78, 5) is 17.6. The maximum atomic E-state index is 11.5. The van der Waals surface area contributed by atoms with Crippen LogP contribution in [-0.2, 0) is 0 Å². The van der Waals surface area contributed by atoms with Crippen molar-refractivity contribution in [2.45, 2.75) is 12.5 Å². The topological polar surface area (TPSA) is 74.7 Å². The minimum absolute atomic E-state index is 0.0645. The number of nitrogens with one attached hydrogen (secondary N) is 1. The standard InChI is InChI=1S/C24H21N3O3/c1-3-16-4-6-17(7-5-16)27(2)18-8-9-19-21(11-13-30-23(19)14-18)26-22-15-25-12-10-20(22)24(28)29/h1,4-10,12,14-15,21,26H,11,13H2,2H3,(H,28,29). The summed E-state index contributed by atoms with van der Waals surface area (Å²) in [7, 11) is 1.99. The van der Waals surface area contributed by atoms with E-state index >= 15 is 0 Å². The van der Waals surface area contributed by atoms with Crippen LogP contribution in [0.1, 0.15) is 33.9 Å². The van der Waals surface area contributed by atoms with E-state index < -0.39 is 5.97 Å². The Morgan fingerprint density at radius 1 is 1.23 bits per heavy atom. The quantitative estimate of drug-likeness (QED) is 0.617. The minimum Gasteiger partial charge on any atom is -0.493 e. The van der Waals surface area contributed by atoms with E-state index in [0.717, 1.165) is 34.7 Å². The van der Waals surface area contributed by atoms with Crippen LogP contribution in [0.2, 0.25) is 0 Å². The van der Waals surface area contributed by atoms with Gasteiger partial charge in [-0.25, -0.2) is 4.79 Å². The van der Waals surface area contributed by atoms with E-state index in [4.69, 9.17) is 11.2 Å². The van der Waals surface area contributed by atoms with Crippen LogP contribution in [-0.4, -0.2) is 29.7 Å². The van der Waals surface area contributed by atoms with Crippen LogP contribution in [0.3, 0.4) is 0 Å². The molecule has 0 fully saturated rings. The Balaban J connectivity index is 1.60. The Morgan fingerprint density at radius 2 is 2.00 bits per heavy atom. The summed E-state index contributed by atoms with van der Waals surface area (Å²) in [5.74, 6) is 2.42. The molecule has 30 heavy (non-hydrogen) atoms. The zero-order chi connectivity index (χ0) is 21.1. The molecule has 0 saturated carbocycles. The zero-order valence-corrected chi connectivity index (χ0v) is 16.5. The number of aromatic carboxylic acids is 1. The average molecular weight is 399 g/mol. The highest BCUT2D eigenvalue weighted by Gasteiger charge is 2.24. The number of pyridine rings is 1. The second-order valence-corrected chi connectivity index (χ2v) is 7.03. The molecule has 1 aliphatic heterocycles. The monoisotopic (exact) mass is 399 g/mol. The Kier molecular flexibility index (Phi) is 5.27. The summed E-state index contributed by atoms with van der Waals surface area (Å²) in [6.07, 6.45) is 9.18. The van der Waals surface area contributed by atoms with Crippen LogP contribution >= 0.6 is 0 Å². The Morgan fingerprint density at radius 3 is 2.73 bits per heavy atom. The molecule has 6 nitrogen and oxygen atoms in total. The van der Waals surface area contributed by atoms with Gasteiger partial charge in [0.15, 0.2) is 0 Å². The highest BCUT2D eigenvalue weighted by Crippen LogP contribution is 2.38. The van der Waals surface area contributed by atoms with E-state index in [-0.39, 0.29) is 11.6 Å². The van der Waals surface area contributed by atoms with Crippen LogP contribution in [0, 0.1) is 12.3 Å². The van der Waals surface area contributed by atoms with Gasteiger partial charge in [0.1, 0.15) is 5.75 Å². The molecule has 0 radical (unpaired) electrons. The molecule has 2 N–H and O–H groups in total. The zero-order valence-electron chi connectivity index (χ0n) is 16.5. The molecule has 0 amide bonds. The van der Waals surface area contributed by atoms with Crippen molar-refractivity contribution in [3.8, 4) is 18.1 Å². The maximum absolute atomic E-state index is 11.5. The van der Waals surface area contributed by atoms with Gasteiger partial charge in [-0.1, -0.05) is 12.0 Å². The number of ether oxygens (including phenoxy) is 1. The van der Waals surface area contributed by atoms with Gasteiger partial charge in [-0.2, -0.15) is 0 Å². The molecule has 1 unspecified atom stereocenters. The van der Waals surface area contributed by atoms with Crippen molar-refractivity contribution in [1.82, 2.24) is 4.98 Å². The molecule has 1 aromatic heterocycles. The van der Waals surface area contributed by atoms with Gasteiger partial charge in [-0.05, 0) is 36.4 Å². The number of carboxylic acid groups (broad SMARTS) is 1. The van der Waals surface area contributed by atoms with E-state index in [0.29, 0.717) is 12.3 Å². The number of carbonyl (C=O) groups is 1. The van der Waals surface area contributed by atoms with Crippen LogP contribution in [0.25, 0.3) is 0 Å². The molecular formula is C24H21N3O3. The normalized spacial score (nSPS) is 14.7. The minimum atomic E-state index is -0.986. The first kappa shape index (κ1) is 19.3. The average Bonchev–Trinajstić information content (AvgIpc) is 2.78. The van der Waals surface area contributed by atoms with Gasteiger partial charge in [0.2, 0.25) is 0 Å². The van der Waals surface area contributed by atoms with Crippen LogP contribution in [0.4, 0.5) is 17.1 Å². The van der Waals surface area contributed by atoms with Gasteiger partial charge in [0.25, 0.3) is 0 Å². The molecule has 0 bridgehead atoms. The molecule has 0 spiro atoms. The Labute approximate surface area is 175 Å². The van der Waals surface area contributed by atoms with Crippen molar-refractivity contribution >= 4 is 23.0 Å². The molecule has 1 atom stereocenters. The largest absolute Gasteiger partial charge is 0.493 e. The smallest absolute Gasteiger partial charge is 0.337 e. The lowest BCUT2D eigenvalue weighted by atomic mass is 9.99. The first-order valence-corrected chi connectivity index (χ1v) is 9.58. The fourth-order valence-corrected chi connectivity index (χ4v) is 3.55. The predicted molar refractivity (Wildman–Crippen MR) is 117 cm³/mol. The van der Waals surface area contributed by atoms with Crippen LogP contribution in [0.15, 0.2) is 60.9 Å². The fourth-order valence-electron chi connectivity index (χ4n) is 3.55. The van der Waals surface area contributed by atoms with E-state index in [1.165, 1.54) is 12.3 Å². The first-order chi connectivity index (χ1) is 14.6. The molecule has 4 rings (SSSR count). The second kappa shape index (κ2) is 8.18. The van der Waals surface area contributed by atoms with Crippen molar-refractivity contribution in [3.63, 3.8) is 0 Å². The number of terminal acetylenes is 1. The molecule has 6 heteroatoms. The number of benzene rings is 2. The maximum Gasteiger partial charge on any atom is 0.337 e. The van der Waals surface area contributed by atoms with Crippen LogP contribution in [0.5, 0.6) is 5.75 Å². The Bertz CT molecular complexity index is 1120. The summed E-state index contributed by atoms with van der Waals surface area (Å²) >= 11 is 0. The summed E-state index contributed by atoms with van der Waals surface area (Å²) in [5, 5.41) is 12.7. The number of nitrogens with zero attached hydrogens (tertiary/aromatic N) is 2. The summed E-state index contributed by atoms with van der Waals surface area (Å²) in [5.41, 5.74) is 4.52. The second-order valence-electron chi connectivity index (χ2n) is 7.03. The lowest BCUT2D eigenvalue weighted by Crippen LogP contribution is -2.22. The Hall–Kier alpha value is -3.98. The van der Waals surface area contributed by atoms with Gasteiger partial charge in [0, 0.05) is 48.2 Å². The molecule has 150 valence electrons. The number of hydrogen-bond acceptors (Lipinski definition) is 5. The molecule has 2 heterocycles. The fraction of sp³-hybridized carbons (Fsp3) is 0.167. The summed E-state index contributed by atoms with van der Waals surface area (Å²) in [6.45, 7) is 0.539. The predicted octanol–water partition coefficient (Wildman–Crippen LogP) is 4.46. The van der Waals surface area contributed by atoms with E-state index in [1.807, 2.05) is 49.5 Å². The van der Waals surface area contributed by atoms with Crippen molar-refractivity contribution in [3.05, 3.63) is 77.6 Å². The molecule has 3 aromatic rings. The number of hydrogen-bond donors (Lipinski definition) is 2. The number of fused-ring (bicyclic) bond motifs is 1. The number of anilines is 3. The molecular weight excluding hydrogens is 378 g/mol. The van der Waals surface area contributed by atoms with E-state index in [1.54, 1.807) is 6.20 Å². The van der Waals surface area contributed by atoms with Gasteiger partial charge in [0.05, 0.1) is 30.1 Å². The highest BCUT2D eigenvalue weighted by molar-refractivity contribution is 5.94. The molecule has 0 saturated heterocycles. The van der Waals surface area contributed by atoms with Gasteiger partial charge < -0.3 is 20.1 Å². The lowest BCUT2D eigenvalue weighted by molar-refractivity contribution is 0.0697. The number of aromatic nitrogens is 1.